The van der Waals surface area contributed by atoms with Crippen LogP contribution >= 0.6 is 34.5 Å². The van der Waals surface area contributed by atoms with Crippen molar-refractivity contribution in [2.45, 2.75) is 37.7 Å². The standard InChI is InChI=1S/C21H23Cl2N3O2S/c1-14(22)20(27)25(11-18-3-2-10-28-18)9-8-17-13-29-21-24-19(12-26(17)21)15-4-6-16(23)7-5-15/h4-7,12-14,18H,2-3,8-11H2,1H3. The highest BCUT2D eigenvalue weighted by molar-refractivity contribution is 7.15. The molecule has 1 amide bonds. The highest BCUT2D eigenvalue weighted by Gasteiger charge is 2.25. The quantitative estimate of drug-likeness (QED) is 0.480. The molecule has 0 spiro atoms. The van der Waals surface area contributed by atoms with Gasteiger partial charge in [-0.15, -0.1) is 22.9 Å². The van der Waals surface area contributed by atoms with Crippen LogP contribution in [0.1, 0.15) is 25.5 Å². The second kappa shape index (κ2) is 9.04. The van der Waals surface area contributed by atoms with Crippen molar-refractivity contribution in [3.8, 4) is 11.3 Å². The molecule has 1 aliphatic heterocycles. The molecular formula is C21H23Cl2N3O2S. The first-order valence-corrected chi connectivity index (χ1v) is 11.5. The predicted octanol–water partition coefficient (Wildman–Crippen LogP) is 4.89. The summed E-state index contributed by atoms with van der Waals surface area (Å²) in [6, 6.07) is 7.68. The number of halogens is 2. The Bertz CT molecular complexity index is 978. The number of amides is 1. The number of alkyl halides is 1. The zero-order valence-corrected chi connectivity index (χ0v) is 18.5. The van der Waals surface area contributed by atoms with Crippen LogP contribution in [0.25, 0.3) is 16.2 Å². The molecule has 0 radical (unpaired) electrons. The van der Waals surface area contributed by atoms with Crippen LogP contribution in [0.3, 0.4) is 0 Å². The second-order valence-electron chi connectivity index (χ2n) is 7.30. The van der Waals surface area contributed by atoms with Crippen LogP contribution in [-0.4, -0.2) is 51.4 Å². The van der Waals surface area contributed by atoms with Gasteiger partial charge < -0.3 is 9.64 Å². The fourth-order valence-electron chi connectivity index (χ4n) is 3.60. The van der Waals surface area contributed by atoms with E-state index in [1.807, 2.05) is 35.4 Å². The van der Waals surface area contributed by atoms with Crippen LogP contribution in [0.5, 0.6) is 0 Å². The molecule has 1 aliphatic rings. The smallest absolute Gasteiger partial charge is 0.240 e. The molecule has 1 aromatic carbocycles. The van der Waals surface area contributed by atoms with Gasteiger partial charge in [-0.1, -0.05) is 23.7 Å². The third-order valence-corrected chi connectivity index (χ3v) is 6.49. The maximum absolute atomic E-state index is 12.6. The number of hydrogen-bond donors (Lipinski definition) is 0. The van der Waals surface area contributed by atoms with Crippen LogP contribution in [0.2, 0.25) is 5.02 Å². The highest BCUT2D eigenvalue weighted by atomic mass is 35.5. The zero-order chi connectivity index (χ0) is 20.4. The molecule has 2 unspecified atom stereocenters. The Hall–Kier alpha value is -1.60. The van der Waals surface area contributed by atoms with Crippen molar-refractivity contribution in [3.05, 3.63) is 46.6 Å². The predicted molar refractivity (Wildman–Crippen MR) is 118 cm³/mol. The van der Waals surface area contributed by atoms with E-state index in [4.69, 9.17) is 32.9 Å². The number of carbonyl (C=O) groups excluding carboxylic acids is 1. The summed E-state index contributed by atoms with van der Waals surface area (Å²) in [6.45, 7) is 3.71. The SMILES string of the molecule is CC(Cl)C(=O)N(CCc1csc2nc(-c3ccc(Cl)cc3)cn12)CC1CCCO1. The van der Waals surface area contributed by atoms with Gasteiger partial charge >= 0.3 is 0 Å². The van der Waals surface area contributed by atoms with E-state index in [9.17, 15) is 4.79 Å². The van der Waals surface area contributed by atoms with E-state index < -0.39 is 5.38 Å². The average molecular weight is 452 g/mol. The monoisotopic (exact) mass is 451 g/mol. The molecule has 1 saturated heterocycles. The lowest BCUT2D eigenvalue weighted by Gasteiger charge is -2.26. The van der Waals surface area contributed by atoms with Gasteiger partial charge in [0, 0.05) is 54.0 Å². The van der Waals surface area contributed by atoms with E-state index in [1.165, 1.54) is 0 Å². The first-order chi connectivity index (χ1) is 14.0. The highest BCUT2D eigenvalue weighted by Crippen LogP contribution is 2.25. The number of ether oxygens (including phenoxy) is 1. The Labute approximate surface area is 184 Å². The maximum Gasteiger partial charge on any atom is 0.240 e. The summed E-state index contributed by atoms with van der Waals surface area (Å²) in [5.41, 5.74) is 3.07. The topological polar surface area (TPSA) is 46.8 Å². The van der Waals surface area contributed by atoms with E-state index in [2.05, 4.69) is 9.78 Å². The first kappa shape index (κ1) is 20.7. The molecule has 8 heteroatoms. The van der Waals surface area contributed by atoms with Crippen LogP contribution < -0.4 is 0 Å². The van der Waals surface area contributed by atoms with Crippen LogP contribution in [-0.2, 0) is 16.0 Å². The molecule has 3 heterocycles. The number of benzene rings is 1. The minimum Gasteiger partial charge on any atom is -0.376 e. The Balaban J connectivity index is 1.49. The Morgan fingerprint density at radius 2 is 2.21 bits per heavy atom. The number of carbonyl (C=O) groups is 1. The lowest BCUT2D eigenvalue weighted by Crippen LogP contribution is -2.42. The second-order valence-corrected chi connectivity index (χ2v) is 9.23. The largest absolute Gasteiger partial charge is 0.376 e. The van der Waals surface area contributed by atoms with E-state index in [0.29, 0.717) is 18.1 Å². The van der Waals surface area contributed by atoms with Gasteiger partial charge in [-0.2, -0.15) is 0 Å². The number of fused-ring (bicyclic) bond motifs is 1. The van der Waals surface area contributed by atoms with Crippen LogP contribution in [0.4, 0.5) is 0 Å². The van der Waals surface area contributed by atoms with E-state index in [1.54, 1.807) is 18.3 Å². The third-order valence-electron chi connectivity index (χ3n) is 5.16. The normalized spacial score (nSPS) is 17.7. The van der Waals surface area contributed by atoms with E-state index in [0.717, 1.165) is 47.8 Å². The molecule has 154 valence electrons. The molecule has 5 nitrogen and oxygen atoms in total. The molecule has 3 aromatic rings. The summed E-state index contributed by atoms with van der Waals surface area (Å²) in [7, 11) is 0. The molecule has 29 heavy (non-hydrogen) atoms. The number of rotatable bonds is 7. The lowest BCUT2D eigenvalue weighted by molar-refractivity contribution is -0.132. The maximum atomic E-state index is 12.6. The molecule has 2 atom stereocenters. The molecule has 4 rings (SSSR count). The number of nitrogens with zero attached hydrogens (tertiary/aromatic N) is 3. The van der Waals surface area contributed by atoms with Crippen LogP contribution in [0.15, 0.2) is 35.8 Å². The van der Waals surface area contributed by atoms with Crippen molar-refractivity contribution < 1.29 is 9.53 Å². The summed E-state index contributed by atoms with van der Waals surface area (Å²) in [5.74, 6) is -0.0406. The molecule has 2 aromatic heterocycles. The van der Waals surface area contributed by atoms with Gasteiger partial charge in [-0.3, -0.25) is 9.20 Å². The summed E-state index contributed by atoms with van der Waals surface area (Å²) in [6.07, 6.45) is 4.94. The molecule has 0 saturated carbocycles. The van der Waals surface area contributed by atoms with Gasteiger partial charge in [0.2, 0.25) is 5.91 Å². The zero-order valence-electron chi connectivity index (χ0n) is 16.2. The van der Waals surface area contributed by atoms with Crippen molar-refractivity contribution in [3.63, 3.8) is 0 Å². The van der Waals surface area contributed by atoms with E-state index in [-0.39, 0.29) is 12.0 Å². The summed E-state index contributed by atoms with van der Waals surface area (Å²) < 4.78 is 7.83. The van der Waals surface area contributed by atoms with Gasteiger partial charge in [0.15, 0.2) is 4.96 Å². The Morgan fingerprint density at radius 1 is 1.41 bits per heavy atom. The molecule has 0 aliphatic carbocycles. The van der Waals surface area contributed by atoms with Crippen molar-refractivity contribution in [1.29, 1.82) is 0 Å². The van der Waals surface area contributed by atoms with Crippen molar-refractivity contribution in [2.24, 2.45) is 0 Å². The van der Waals surface area contributed by atoms with Gasteiger partial charge in [-0.05, 0) is 31.9 Å². The number of hydrogen-bond acceptors (Lipinski definition) is 4. The molecule has 1 fully saturated rings. The number of imidazole rings is 1. The minimum atomic E-state index is -0.538. The van der Waals surface area contributed by atoms with Crippen molar-refractivity contribution >= 4 is 45.4 Å². The third kappa shape index (κ3) is 4.77. The fraction of sp³-hybridized carbons (Fsp3) is 0.429. The Morgan fingerprint density at radius 3 is 2.90 bits per heavy atom. The molecular weight excluding hydrogens is 429 g/mol. The van der Waals surface area contributed by atoms with Crippen LogP contribution in [0, 0.1) is 0 Å². The van der Waals surface area contributed by atoms with Gasteiger partial charge in [0.25, 0.3) is 0 Å². The molecule has 0 bridgehead atoms. The Kier molecular flexibility index (Phi) is 6.44. The summed E-state index contributed by atoms with van der Waals surface area (Å²) in [5, 5.41) is 2.27. The number of thiazole rings is 1. The molecule has 0 N–H and O–H groups in total. The summed E-state index contributed by atoms with van der Waals surface area (Å²) in [4.78, 5) is 20.1. The van der Waals surface area contributed by atoms with Gasteiger partial charge in [0.05, 0.1) is 11.8 Å². The first-order valence-electron chi connectivity index (χ1n) is 9.77. The van der Waals surface area contributed by atoms with Crippen molar-refractivity contribution in [2.75, 3.05) is 19.7 Å². The van der Waals surface area contributed by atoms with E-state index >= 15 is 0 Å². The summed E-state index contributed by atoms with van der Waals surface area (Å²) >= 11 is 13.7. The number of aromatic nitrogens is 2. The van der Waals surface area contributed by atoms with Gasteiger partial charge in [0.1, 0.15) is 5.38 Å². The van der Waals surface area contributed by atoms with Gasteiger partial charge in [-0.25, -0.2) is 4.98 Å². The average Bonchev–Trinajstić information content (AvgIpc) is 3.43. The lowest BCUT2D eigenvalue weighted by atomic mass is 10.2. The fourth-order valence-corrected chi connectivity index (χ4v) is 4.77. The minimum absolute atomic E-state index is 0.0406. The van der Waals surface area contributed by atoms with Crippen molar-refractivity contribution in [1.82, 2.24) is 14.3 Å².